The fourth-order valence-electron chi connectivity index (χ4n) is 0.856. The molecule has 0 bridgehead atoms. The van der Waals surface area contributed by atoms with E-state index in [4.69, 9.17) is 16.8 Å². The Balaban J connectivity index is 2.97. The summed E-state index contributed by atoms with van der Waals surface area (Å²) in [5.74, 6) is -0.306. The average Bonchev–Trinajstić information content (AvgIpc) is 2.17. The number of benzene rings is 1. The summed E-state index contributed by atoms with van der Waals surface area (Å²) in [6.07, 6.45) is 0. The zero-order chi connectivity index (χ0) is 9.84. The monoisotopic (exact) mass is 197 g/mol. The number of hydrogen-bond donors (Lipinski definition) is 1. The predicted molar refractivity (Wildman–Crippen MR) is 50.7 cm³/mol. The maximum atomic E-state index is 11.4. The maximum absolute atomic E-state index is 11.4. The molecule has 0 aromatic heterocycles. The summed E-state index contributed by atoms with van der Waals surface area (Å²) in [6.45, 7) is 1.44. The van der Waals surface area contributed by atoms with E-state index in [0.29, 0.717) is 10.6 Å². The van der Waals surface area contributed by atoms with Gasteiger partial charge in [-0.15, -0.1) is 0 Å². The van der Waals surface area contributed by atoms with Crippen LogP contribution in [0, 0.1) is 0 Å². The molecule has 0 atom stereocenters. The standard InChI is InChI=1S/C9H8ClNO2/c1-6(11-13)9(12)7-2-4-8(10)5-3-7/h2-5,13H,1H3/b11-6-. The fourth-order valence-corrected chi connectivity index (χ4v) is 0.982. The molecule has 0 aliphatic heterocycles. The Morgan fingerprint density at radius 2 is 1.92 bits per heavy atom. The lowest BCUT2D eigenvalue weighted by Crippen LogP contribution is -2.09. The van der Waals surface area contributed by atoms with Crippen LogP contribution in [0.15, 0.2) is 29.4 Å². The van der Waals surface area contributed by atoms with Gasteiger partial charge in [-0.3, -0.25) is 4.79 Å². The number of halogens is 1. The van der Waals surface area contributed by atoms with Gasteiger partial charge in [0.05, 0.1) is 0 Å². The van der Waals surface area contributed by atoms with Crippen molar-refractivity contribution in [1.29, 1.82) is 0 Å². The molecule has 4 heteroatoms. The molecule has 0 saturated carbocycles. The molecule has 0 unspecified atom stereocenters. The van der Waals surface area contributed by atoms with Crippen molar-refractivity contribution in [2.24, 2.45) is 5.16 Å². The second-order valence-electron chi connectivity index (χ2n) is 2.52. The second kappa shape index (κ2) is 4.05. The first-order chi connectivity index (χ1) is 6.15. The number of Topliss-reactive ketones (excluding diaryl/α,β-unsaturated/α-hetero) is 1. The van der Waals surface area contributed by atoms with E-state index in [1.54, 1.807) is 24.3 Å². The van der Waals surface area contributed by atoms with Crippen LogP contribution in [0.1, 0.15) is 17.3 Å². The average molecular weight is 198 g/mol. The Kier molecular flexibility index (Phi) is 3.03. The highest BCUT2D eigenvalue weighted by Gasteiger charge is 2.08. The number of carbonyl (C=O) groups excluding carboxylic acids is 1. The van der Waals surface area contributed by atoms with Gasteiger partial charge in [0.25, 0.3) is 0 Å². The Hall–Kier alpha value is -1.35. The number of nitrogens with zero attached hydrogens (tertiary/aromatic N) is 1. The van der Waals surface area contributed by atoms with E-state index < -0.39 is 0 Å². The summed E-state index contributed by atoms with van der Waals surface area (Å²) < 4.78 is 0. The van der Waals surface area contributed by atoms with E-state index in [9.17, 15) is 4.79 Å². The Labute approximate surface area is 80.6 Å². The summed E-state index contributed by atoms with van der Waals surface area (Å²) >= 11 is 5.64. The number of oxime groups is 1. The van der Waals surface area contributed by atoms with Crippen LogP contribution in [0.5, 0.6) is 0 Å². The number of carbonyl (C=O) groups is 1. The smallest absolute Gasteiger partial charge is 0.210 e. The van der Waals surface area contributed by atoms with Crippen LogP contribution < -0.4 is 0 Å². The molecular weight excluding hydrogens is 190 g/mol. The predicted octanol–water partition coefficient (Wildman–Crippen LogP) is 2.37. The molecule has 0 amide bonds. The first kappa shape index (κ1) is 9.74. The lowest BCUT2D eigenvalue weighted by Gasteiger charge is -1.97. The maximum Gasteiger partial charge on any atom is 0.210 e. The van der Waals surface area contributed by atoms with Crippen molar-refractivity contribution in [3.63, 3.8) is 0 Å². The van der Waals surface area contributed by atoms with Gasteiger partial charge in [-0.25, -0.2) is 0 Å². The molecule has 0 radical (unpaired) electrons. The van der Waals surface area contributed by atoms with Crippen molar-refractivity contribution in [2.45, 2.75) is 6.92 Å². The van der Waals surface area contributed by atoms with Crippen LogP contribution in [0.3, 0.4) is 0 Å². The van der Waals surface area contributed by atoms with Gasteiger partial charge in [0.1, 0.15) is 5.71 Å². The highest BCUT2D eigenvalue weighted by molar-refractivity contribution is 6.45. The van der Waals surface area contributed by atoms with Gasteiger partial charge in [-0.1, -0.05) is 16.8 Å². The molecule has 1 aromatic rings. The summed E-state index contributed by atoms with van der Waals surface area (Å²) in [5.41, 5.74) is 0.516. The van der Waals surface area contributed by atoms with E-state index >= 15 is 0 Å². The van der Waals surface area contributed by atoms with Crippen molar-refractivity contribution in [3.05, 3.63) is 34.9 Å². The van der Waals surface area contributed by atoms with E-state index in [0.717, 1.165) is 0 Å². The molecule has 0 spiro atoms. The van der Waals surface area contributed by atoms with E-state index in [2.05, 4.69) is 5.16 Å². The SMILES string of the molecule is C/C(=N/O)C(=O)c1ccc(Cl)cc1. The fraction of sp³-hybridized carbons (Fsp3) is 0.111. The topological polar surface area (TPSA) is 49.7 Å². The summed E-state index contributed by atoms with van der Waals surface area (Å²) in [5, 5.41) is 11.7. The zero-order valence-electron chi connectivity index (χ0n) is 6.99. The number of rotatable bonds is 2. The molecule has 0 heterocycles. The summed E-state index contributed by atoms with van der Waals surface area (Å²) in [6, 6.07) is 6.39. The molecule has 0 fully saturated rings. The molecule has 3 nitrogen and oxygen atoms in total. The first-order valence-corrected chi connectivity index (χ1v) is 4.02. The zero-order valence-corrected chi connectivity index (χ0v) is 7.75. The summed E-state index contributed by atoms with van der Waals surface area (Å²) in [4.78, 5) is 11.4. The van der Waals surface area contributed by atoms with Crippen molar-refractivity contribution in [3.8, 4) is 0 Å². The van der Waals surface area contributed by atoms with Gasteiger partial charge >= 0.3 is 0 Å². The number of hydrogen-bond acceptors (Lipinski definition) is 3. The lowest BCUT2D eigenvalue weighted by atomic mass is 10.1. The largest absolute Gasteiger partial charge is 0.411 e. The molecule has 0 saturated heterocycles. The van der Waals surface area contributed by atoms with Gasteiger partial charge in [-0.2, -0.15) is 0 Å². The normalized spacial score (nSPS) is 11.4. The first-order valence-electron chi connectivity index (χ1n) is 3.64. The van der Waals surface area contributed by atoms with Crippen LogP contribution >= 0.6 is 11.6 Å². The van der Waals surface area contributed by atoms with Crippen molar-refractivity contribution >= 4 is 23.1 Å². The van der Waals surface area contributed by atoms with Gasteiger partial charge in [0.2, 0.25) is 5.78 Å². The third kappa shape index (κ3) is 2.29. The van der Waals surface area contributed by atoms with Crippen LogP contribution in [0.4, 0.5) is 0 Å². The Bertz CT molecular complexity index is 343. The molecule has 13 heavy (non-hydrogen) atoms. The molecular formula is C9H8ClNO2. The van der Waals surface area contributed by atoms with E-state index in [1.807, 2.05) is 0 Å². The van der Waals surface area contributed by atoms with Gasteiger partial charge in [-0.05, 0) is 31.2 Å². The lowest BCUT2D eigenvalue weighted by molar-refractivity contribution is 0.106. The third-order valence-corrected chi connectivity index (χ3v) is 1.84. The molecule has 1 rings (SSSR count). The molecule has 0 aliphatic carbocycles. The molecule has 1 aromatic carbocycles. The highest BCUT2D eigenvalue weighted by Crippen LogP contribution is 2.10. The minimum absolute atomic E-state index is 0.0577. The molecule has 0 aliphatic rings. The van der Waals surface area contributed by atoms with Crippen LogP contribution in [-0.4, -0.2) is 16.7 Å². The highest BCUT2D eigenvalue weighted by atomic mass is 35.5. The minimum Gasteiger partial charge on any atom is -0.411 e. The minimum atomic E-state index is -0.306. The van der Waals surface area contributed by atoms with Crippen LogP contribution in [0.2, 0.25) is 5.02 Å². The van der Waals surface area contributed by atoms with Crippen LogP contribution in [-0.2, 0) is 0 Å². The van der Waals surface area contributed by atoms with Crippen molar-refractivity contribution < 1.29 is 10.0 Å². The third-order valence-electron chi connectivity index (χ3n) is 1.59. The Morgan fingerprint density at radius 3 is 2.38 bits per heavy atom. The van der Waals surface area contributed by atoms with Crippen LogP contribution in [0.25, 0.3) is 0 Å². The molecule has 1 N–H and O–H groups in total. The van der Waals surface area contributed by atoms with Crippen molar-refractivity contribution in [1.82, 2.24) is 0 Å². The van der Waals surface area contributed by atoms with E-state index in [-0.39, 0.29) is 11.5 Å². The van der Waals surface area contributed by atoms with E-state index in [1.165, 1.54) is 6.92 Å². The second-order valence-corrected chi connectivity index (χ2v) is 2.96. The Morgan fingerprint density at radius 1 is 1.38 bits per heavy atom. The molecule has 68 valence electrons. The van der Waals surface area contributed by atoms with Gasteiger partial charge in [0.15, 0.2) is 0 Å². The van der Waals surface area contributed by atoms with Crippen molar-refractivity contribution in [2.75, 3.05) is 0 Å². The summed E-state index contributed by atoms with van der Waals surface area (Å²) in [7, 11) is 0. The van der Waals surface area contributed by atoms with Gasteiger partial charge in [0, 0.05) is 10.6 Å². The number of ketones is 1. The quantitative estimate of drug-likeness (QED) is 0.343. The van der Waals surface area contributed by atoms with Gasteiger partial charge < -0.3 is 5.21 Å².